The summed E-state index contributed by atoms with van der Waals surface area (Å²) in [5.74, 6) is -0.0250. The third-order valence-electron chi connectivity index (χ3n) is 2.44. The van der Waals surface area contributed by atoms with E-state index in [1.165, 1.54) is 0 Å². The lowest BCUT2D eigenvalue weighted by Gasteiger charge is -2.06. The molecule has 5 heteroatoms. The van der Waals surface area contributed by atoms with Crippen molar-refractivity contribution in [2.45, 2.75) is 13.8 Å². The number of carbonyl (C=O) groups is 1. The van der Waals surface area contributed by atoms with Gasteiger partial charge in [-0.3, -0.25) is 10.1 Å². The van der Waals surface area contributed by atoms with Gasteiger partial charge in [0, 0.05) is 11.3 Å². The summed E-state index contributed by atoms with van der Waals surface area (Å²) in [7, 11) is 0. The largest absolute Gasteiger partial charge is 0.290 e. The third kappa shape index (κ3) is 2.84. The number of anilines is 1. The van der Waals surface area contributed by atoms with Gasteiger partial charge in [-0.05, 0) is 31.5 Å². The number of hydrogen-bond acceptors (Lipinski definition) is 3. The van der Waals surface area contributed by atoms with E-state index in [0.717, 1.165) is 5.56 Å². The van der Waals surface area contributed by atoms with Crippen molar-refractivity contribution >= 4 is 23.5 Å². The molecule has 0 fully saturated rings. The molecule has 2 aromatic rings. The molecule has 4 nitrogen and oxygen atoms in total. The van der Waals surface area contributed by atoms with Crippen molar-refractivity contribution in [3.05, 3.63) is 52.3 Å². The van der Waals surface area contributed by atoms with Gasteiger partial charge in [0.1, 0.15) is 5.15 Å². The number of benzene rings is 1. The highest BCUT2D eigenvalue weighted by molar-refractivity contribution is 6.29. The van der Waals surface area contributed by atoms with E-state index in [2.05, 4.69) is 15.3 Å². The number of halogens is 1. The number of hydrogen-bond donors (Lipinski definition) is 1. The van der Waals surface area contributed by atoms with Gasteiger partial charge in [0.25, 0.3) is 5.91 Å². The van der Waals surface area contributed by atoms with Gasteiger partial charge in [-0.25, -0.2) is 9.97 Å². The van der Waals surface area contributed by atoms with E-state index < -0.39 is 0 Å². The number of amides is 1. The quantitative estimate of drug-likeness (QED) is 0.846. The Balaban J connectivity index is 2.24. The molecule has 0 bridgehead atoms. The van der Waals surface area contributed by atoms with Crippen LogP contribution in [0.1, 0.15) is 21.6 Å². The maximum atomic E-state index is 12.0. The first-order chi connectivity index (χ1) is 8.56. The van der Waals surface area contributed by atoms with Crippen LogP contribution in [0, 0.1) is 13.8 Å². The lowest BCUT2D eigenvalue weighted by atomic mass is 10.1. The summed E-state index contributed by atoms with van der Waals surface area (Å²) in [5.41, 5.74) is 2.20. The van der Waals surface area contributed by atoms with E-state index in [9.17, 15) is 4.79 Å². The Bertz CT molecular complexity index is 578. The molecule has 1 aromatic heterocycles. The first-order valence-electron chi connectivity index (χ1n) is 5.44. The van der Waals surface area contributed by atoms with Crippen LogP contribution in [0.2, 0.25) is 5.15 Å². The summed E-state index contributed by atoms with van der Waals surface area (Å²) in [5, 5.41) is 2.94. The number of aromatic nitrogens is 2. The molecule has 92 valence electrons. The number of rotatable bonds is 2. The van der Waals surface area contributed by atoms with Crippen LogP contribution in [-0.4, -0.2) is 15.9 Å². The summed E-state index contributed by atoms with van der Waals surface area (Å²) in [6, 6.07) is 8.95. The van der Waals surface area contributed by atoms with Crippen molar-refractivity contribution in [1.29, 1.82) is 0 Å². The minimum Gasteiger partial charge on any atom is -0.290 e. The van der Waals surface area contributed by atoms with Crippen molar-refractivity contribution in [2.75, 3.05) is 5.32 Å². The zero-order valence-corrected chi connectivity index (χ0v) is 10.8. The molecule has 0 atom stereocenters. The standard InChI is InChI=1S/C13H12ClN3O/c1-8-5-3-4-6-10(8)12(18)17-13-15-9(2)7-11(14)16-13/h3-7H,1-2H3,(H,15,16,17,18). The van der Waals surface area contributed by atoms with Crippen molar-refractivity contribution < 1.29 is 4.79 Å². The van der Waals surface area contributed by atoms with E-state index >= 15 is 0 Å². The third-order valence-corrected chi connectivity index (χ3v) is 2.63. The molecule has 0 aliphatic heterocycles. The number of nitrogens with zero attached hydrogens (tertiary/aromatic N) is 2. The van der Waals surface area contributed by atoms with E-state index in [4.69, 9.17) is 11.6 Å². The molecule has 0 unspecified atom stereocenters. The van der Waals surface area contributed by atoms with Crippen molar-refractivity contribution in [2.24, 2.45) is 0 Å². The molecule has 1 N–H and O–H groups in total. The summed E-state index contributed by atoms with van der Waals surface area (Å²) in [6.07, 6.45) is 0. The average molecular weight is 262 g/mol. The summed E-state index contributed by atoms with van der Waals surface area (Å²) >= 11 is 5.81. The van der Waals surface area contributed by atoms with Crippen LogP contribution in [0.5, 0.6) is 0 Å². The monoisotopic (exact) mass is 261 g/mol. The van der Waals surface area contributed by atoms with Gasteiger partial charge in [-0.15, -0.1) is 0 Å². The number of aryl methyl sites for hydroxylation is 2. The Morgan fingerprint density at radius 1 is 1.22 bits per heavy atom. The van der Waals surface area contributed by atoms with Crippen LogP contribution in [0.15, 0.2) is 30.3 Å². The second-order valence-electron chi connectivity index (χ2n) is 3.92. The molecule has 0 spiro atoms. The van der Waals surface area contributed by atoms with Crippen LogP contribution in [0.25, 0.3) is 0 Å². The highest BCUT2D eigenvalue weighted by Gasteiger charge is 2.10. The van der Waals surface area contributed by atoms with E-state index in [-0.39, 0.29) is 11.9 Å². The van der Waals surface area contributed by atoms with Gasteiger partial charge < -0.3 is 0 Å². The smallest absolute Gasteiger partial charge is 0.258 e. The minimum absolute atomic E-state index is 0.216. The Labute approximate surface area is 110 Å². The highest BCUT2D eigenvalue weighted by Crippen LogP contribution is 2.12. The van der Waals surface area contributed by atoms with Crippen molar-refractivity contribution in [3.8, 4) is 0 Å². The summed E-state index contributed by atoms with van der Waals surface area (Å²) in [4.78, 5) is 20.1. The molecule has 0 aliphatic rings. The fourth-order valence-electron chi connectivity index (χ4n) is 1.58. The van der Waals surface area contributed by atoms with Crippen LogP contribution < -0.4 is 5.32 Å². The Kier molecular flexibility index (Phi) is 3.58. The molecule has 1 aromatic carbocycles. The van der Waals surface area contributed by atoms with Gasteiger partial charge in [0.05, 0.1) is 0 Å². The molecular weight excluding hydrogens is 250 g/mol. The zero-order valence-electron chi connectivity index (χ0n) is 10.1. The fourth-order valence-corrected chi connectivity index (χ4v) is 1.82. The van der Waals surface area contributed by atoms with Gasteiger partial charge in [-0.2, -0.15) is 0 Å². The second kappa shape index (κ2) is 5.14. The molecule has 1 amide bonds. The topological polar surface area (TPSA) is 54.9 Å². The van der Waals surface area contributed by atoms with Crippen LogP contribution >= 0.6 is 11.6 Å². The van der Waals surface area contributed by atoms with Crippen molar-refractivity contribution in [1.82, 2.24) is 9.97 Å². The van der Waals surface area contributed by atoms with Crippen LogP contribution in [0.4, 0.5) is 5.95 Å². The Morgan fingerprint density at radius 3 is 2.61 bits per heavy atom. The van der Waals surface area contributed by atoms with E-state index in [0.29, 0.717) is 16.4 Å². The molecule has 2 rings (SSSR count). The number of carbonyl (C=O) groups excluding carboxylic acids is 1. The van der Waals surface area contributed by atoms with Gasteiger partial charge in [0.15, 0.2) is 0 Å². The summed E-state index contributed by atoms with van der Waals surface area (Å²) < 4.78 is 0. The van der Waals surface area contributed by atoms with E-state index in [1.54, 1.807) is 19.1 Å². The molecule has 0 radical (unpaired) electrons. The summed E-state index contributed by atoms with van der Waals surface area (Å²) in [6.45, 7) is 3.66. The van der Waals surface area contributed by atoms with E-state index in [1.807, 2.05) is 25.1 Å². The van der Waals surface area contributed by atoms with Gasteiger partial charge in [-0.1, -0.05) is 29.8 Å². The average Bonchev–Trinajstić information content (AvgIpc) is 2.27. The molecule has 0 saturated heterocycles. The molecule has 18 heavy (non-hydrogen) atoms. The number of nitrogens with one attached hydrogen (secondary N) is 1. The van der Waals surface area contributed by atoms with Crippen molar-refractivity contribution in [3.63, 3.8) is 0 Å². The maximum Gasteiger partial charge on any atom is 0.258 e. The zero-order chi connectivity index (χ0) is 13.1. The first-order valence-corrected chi connectivity index (χ1v) is 5.82. The first kappa shape index (κ1) is 12.5. The van der Waals surface area contributed by atoms with Crippen LogP contribution in [-0.2, 0) is 0 Å². The lowest BCUT2D eigenvalue weighted by molar-refractivity contribution is 0.102. The Morgan fingerprint density at radius 2 is 1.94 bits per heavy atom. The second-order valence-corrected chi connectivity index (χ2v) is 4.31. The minimum atomic E-state index is -0.241. The Hall–Kier alpha value is -1.94. The molecule has 0 aliphatic carbocycles. The molecule has 0 saturated carbocycles. The molecular formula is C13H12ClN3O. The maximum absolute atomic E-state index is 12.0. The highest BCUT2D eigenvalue weighted by atomic mass is 35.5. The van der Waals surface area contributed by atoms with Crippen LogP contribution in [0.3, 0.4) is 0 Å². The SMILES string of the molecule is Cc1cc(Cl)nc(NC(=O)c2ccccc2C)n1. The fraction of sp³-hybridized carbons (Fsp3) is 0.154. The van der Waals surface area contributed by atoms with Gasteiger partial charge >= 0.3 is 0 Å². The molecule has 1 heterocycles. The predicted octanol–water partition coefficient (Wildman–Crippen LogP) is 3.00. The normalized spacial score (nSPS) is 10.2. The van der Waals surface area contributed by atoms with Gasteiger partial charge in [0.2, 0.25) is 5.95 Å². The predicted molar refractivity (Wildman–Crippen MR) is 70.9 cm³/mol. The lowest BCUT2D eigenvalue weighted by Crippen LogP contribution is -2.15.